The van der Waals surface area contributed by atoms with Gasteiger partial charge < -0.3 is 20.4 Å². The van der Waals surface area contributed by atoms with E-state index in [1.165, 1.54) is 0 Å². The van der Waals surface area contributed by atoms with Crippen molar-refractivity contribution in [3.8, 4) is 0 Å². The first-order valence-corrected chi connectivity index (χ1v) is 3.62. The maximum Gasteiger partial charge on any atom is 0.336 e. The molecule has 0 bridgehead atoms. The molecule has 6 N–H and O–H groups in total. The summed E-state index contributed by atoms with van der Waals surface area (Å²) in [6.07, 6.45) is -2.29. The normalized spacial score (nSPS) is 9.31. The van der Waals surface area contributed by atoms with Crippen LogP contribution < -0.4 is 4.91 Å². The summed E-state index contributed by atoms with van der Waals surface area (Å²) in [6, 6.07) is 0. The average molecular weight is 236 g/mol. The van der Waals surface area contributed by atoms with Gasteiger partial charge >= 0.3 is 17.9 Å². The van der Waals surface area contributed by atoms with Crippen LogP contribution in [-0.2, 0) is 14.4 Å². The number of carboxylic acids is 3. The Kier molecular flexibility index (Phi) is 7.09. The van der Waals surface area contributed by atoms with Crippen LogP contribution in [0, 0.1) is 11.1 Å². The molecule has 0 aromatic carbocycles. The number of aliphatic hydroxyl groups is 1. The van der Waals surface area contributed by atoms with Gasteiger partial charge in [-0.2, -0.15) is 0 Å². The number of nitrogens with one attached hydrogen (secondary N) is 2. The lowest BCUT2D eigenvalue weighted by Gasteiger charge is -2.18. The van der Waals surface area contributed by atoms with Crippen LogP contribution in [0.4, 0.5) is 0 Å². The fourth-order valence-corrected chi connectivity index (χ4v) is 0.714. The minimum Gasteiger partial charge on any atom is -0.481 e. The maximum atomic E-state index is 10.3. The Morgan fingerprint density at radius 1 is 1.00 bits per heavy atom. The van der Waals surface area contributed by atoms with E-state index in [0.29, 0.717) is 0 Å². The molecular weight excluding hydrogens is 226 g/mol. The van der Waals surface area contributed by atoms with Crippen LogP contribution >= 0.6 is 0 Å². The molecule has 0 atom stereocenters. The molecule has 16 heavy (non-hydrogen) atoms. The third-order valence-corrected chi connectivity index (χ3v) is 1.29. The number of carboxylic acid groups (broad SMARTS) is 3. The minimum absolute atomic E-state index is 1.14. The Labute approximate surface area is 88.2 Å². The van der Waals surface area contributed by atoms with Gasteiger partial charge in [-0.25, -0.2) is 4.79 Å². The monoisotopic (exact) mass is 236 g/mol. The zero-order valence-electron chi connectivity index (χ0n) is 7.88. The number of carbonyl (C=O) groups is 3. The van der Waals surface area contributed by atoms with Gasteiger partial charge in [0.2, 0.25) is 4.91 Å². The lowest BCUT2D eigenvalue weighted by atomic mass is 9.96. The second-order valence-electron chi connectivity index (χ2n) is 2.59. The molecule has 0 aliphatic carbocycles. The van der Waals surface area contributed by atoms with Crippen molar-refractivity contribution in [1.29, 1.82) is 11.1 Å². The summed E-state index contributed by atoms with van der Waals surface area (Å²) in [4.78, 5) is 32.5. The van der Waals surface area contributed by atoms with E-state index in [9.17, 15) is 14.4 Å². The molecule has 0 saturated carbocycles. The molecule has 0 aliphatic rings. The van der Waals surface area contributed by atoms with Crippen LogP contribution in [0.3, 0.4) is 0 Å². The van der Waals surface area contributed by atoms with Crippen LogP contribution in [0.25, 0.3) is 0 Å². The first-order valence-electron chi connectivity index (χ1n) is 3.62. The molecule has 0 fully saturated rings. The number of aliphatic carboxylic acids is 3. The first kappa shape index (κ1) is 16.1. The number of rotatable bonds is 5. The van der Waals surface area contributed by atoms with Crippen molar-refractivity contribution in [2.45, 2.75) is 18.4 Å². The summed E-state index contributed by atoms with van der Waals surface area (Å²) >= 11 is 0. The van der Waals surface area contributed by atoms with Gasteiger partial charge in [-0.3, -0.25) is 9.59 Å². The second-order valence-corrected chi connectivity index (χ2v) is 2.59. The van der Waals surface area contributed by atoms with E-state index in [2.05, 4.69) is 0 Å². The molecule has 0 aromatic heterocycles. The zero-order valence-corrected chi connectivity index (χ0v) is 7.88. The third kappa shape index (κ3) is 7.12. The van der Waals surface area contributed by atoms with Gasteiger partial charge in [-0.15, -0.1) is 0 Å². The molecular formula is C6H10N3O7+. The maximum absolute atomic E-state index is 10.3. The lowest BCUT2D eigenvalue weighted by molar-refractivity contribution is -0.170. The third-order valence-electron chi connectivity index (χ3n) is 1.29. The van der Waals surface area contributed by atoms with Gasteiger partial charge in [0.15, 0.2) is 5.60 Å². The molecule has 0 spiro atoms. The largest absolute Gasteiger partial charge is 0.481 e. The quantitative estimate of drug-likeness (QED) is 0.256. The molecule has 10 nitrogen and oxygen atoms in total. The Morgan fingerprint density at radius 2 is 1.25 bits per heavy atom. The highest BCUT2D eigenvalue weighted by Gasteiger charge is 2.40. The predicted molar refractivity (Wildman–Crippen MR) is 44.7 cm³/mol. The first-order chi connectivity index (χ1) is 7.19. The number of nitrogens with zero attached hydrogens (tertiary/aromatic N) is 1. The van der Waals surface area contributed by atoms with Crippen molar-refractivity contribution in [2.24, 2.45) is 0 Å². The summed E-state index contributed by atoms with van der Waals surface area (Å²) in [5, 5.41) is 33.8. The average Bonchev–Trinajstić information content (AvgIpc) is 2.01. The molecule has 0 rings (SSSR count). The highest BCUT2D eigenvalue weighted by atomic mass is 16.4. The van der Waals surface area contributed by atoms with Crippen LogP contribution in [0.2, 0.25) is 0 Å². The van der Waals surface area contributed by atoms with Crippen molar-refractivity contribution in [2.75, 3.05) is 0 Å². The lowest BCUT2D eigenvalue weighted by Crippen LogP contribution is -2.42. The van der Waals surface area contributed by atoms with Gasteiger partial charge in [-0.1, -0.05) is 0 Å². The van der Waals surface area contributed by atoms with Gasteiger partial charge in [-0.05, 0) is 0 Å². The second kappa shape index (κ2) is 7.04. The molecule has 0 unspecified atom stereocenters. The van der Waals surface area contributed by atoms with Crippen molar-refractivity contribution in [3.63, 3.8) is 0 Å². The summed E-state index contributed by atoms with van der Waals surface area (Å²) < 4.78 is 0. The van der Waals surface area contributed by atoms with Gasteiger partial charge in [0.05, 0.1) is 12.8 Å². The molecule has 90 valence electrons. The SMILES string of the molecule is N=[N+]=N.O=C(O)CC(O)(CC(=O)O)C(=O)O. The van der Waals surface area contributed by atoms with Crippen molar-refractivity contribution in [3.05, 3.63) is 0 Å². The van der Waals surface area contributed by atoms with E-state index in [0.717, 1.165) is 0 Å². The summed E-state index contributed by atoms with van der Waals surface area (Å²) in [5.41, 5.74) is 8.26. The van der Waals surface area contributed by atoms with Crippen molar-refractivity contribution >= 4 is 17.9 Å². The molecule has 0 aromatic rings. The number of hydrogen-bond acceptors (Lipinski definition) is 6. The van der Waals surface area contributed by atoms with Crippen LogP contribution in [0.1, 0.15) is 12.8 Å². The van der Waals surface area contributed by atoms with Crippen LogP contribution in [0.5, 0.6) is 0 Å². The predicted octanol–water partition coefficient (Wildman–Crippen LogP) is -1.13. The van der Waals surface area contributed by atoms with E-state index in [4.69, 9.17) is 31.5 Å². The van der Waals surface area contributed by atoms with E-state index in [1.54, 1.807) is 0 Å². The van der Waals surface area contributed by atoms with E-state index < -0.39 is 36.4 Å². The molecule has 0 radical (unpaired) electrons. The van der Waals surface area contributed by atoms with Gasteiger partial charge in [0.1, 0.15) is 11.1 Å². The molecule has 0 saturated heterocycles. The Morgan fingerprint density at radius 3 is 1.38 bits per heavy atom. The molecule has 10 heteroatoms. The Balaban J connectivity index is 0. The topological polar surface area (TPSA) is 194 Å². The summed E-state index contributed by atoms with van der Waals surface area (Å²) in [7, 11) is 0. The highest BCUT2D eigenvalue weighted by molar-refractivity contribution is 5.88. The van der Waals surface area contributed by atoms with Crippen LogP contribution in [0.15, 0.2) is 0 Å². The Bertz CT molecular complexity index is 304. The molecule has 0 amide bonds. The Hall–Kier alpha value is -2.32. The molecule has 0 aliphatic heterocycles. The standard InChI is InChI=1S/C6H8O7.H2N3/c7-3(8)1-6(13,5(11)12)2-4(9)10;1-3-2/h13H,1-2H2,(H,7,8)(H,9,10)(H,11,12);1-2H/q;+1. The van der Waals surface area contributed by atoms with Gasteiger partial charge in [0, 0.05) is 0 Å². The minimum atomic E-state index is -2.74. The van der Waals surface area contributed by atoms with E-state index in [1.807, 2.05) is 4.91 Å². The van der Waals surface area contributed by atoms with Crippen LogP contribution in [-0.4, -0.2) is 43.9 Å². The number of hydrogen-bond donors (Lipinski definition) is 6. The van der Waals surface area contributed by atoms with Crippen molar-refractivity contribution in [1.82, 2.24) is 4.91 Å². The fourth-order valence-electron chi connectivity index (χ4n) is 0.714. The highest BCUT2D eigenvalue weighted by Crippen LogP contribution is 2.15. The van der Waals surface area contributed by atoms with E-state index >= 15 is 0 Å². The smallest absolute Gasteiger partial charge is 0.336 e. The zero-order chi connectivity index (χ0) is 13.4. The molecule has 0 heterocycles. The summed E-state index contributed by atoms with van der Waals surface area (Å²) in [5.74, 6) is -5.02. The summed E-state index contributed by atoms with van der Waals surface area (Å²) in [6.45, 7) is 0. The van der Waals surface area contributed by atoms with E-state index in [-0.39, 0.29) is 0 Å². The fraction of sp³-hybridized carbons (Fsp3) is 0.500. The van der Waals surface area contributed by atoms with Gasteiger partial charge in [0.25, 0.3) is 0 Å². The van der Waals surface area contributed by atoms with Crippen molar-refractivity contribution < 1.29 is 34.8 Å².